The Morgan fingerprint density at radius 3 is 2.00 bits per heavy atom. The zero-order valence-electron chi connectivity index (χ0n) is 14.4. The predicted octanol–water partition coefficient (Wildman–Crippen LogP) is 5.16. The molecule has 4 rings (SSSR count). The highest BCUT2D eigenvalue weighted by molar-refractivity contribution is 5.76. The Morgan fingerprint density at radius 2 is 1.31 bits per heavy atom. The van der Waals surface area contributed by atoms with Crippen molar-refractivity contribution < 1.29 is 0 Å². The highest BCUT2D eigenvalue weighted by Crippen LogP contribution is 2.23. The second-order valence-electron chi connectivity index (χ2n) is 6.08. The number of nitrogens with zero attached hydrogens (tertiary/aromatic N) is 3. The molecule has 3 heteroatoms. The number of rotatable bonds is 5. The molecule has 0 atom stereocenters. The summed E-state index contributed by atoms with van der Waals surface area (Å²) in [7, 11) is 0. The number of hydrogen-bond donors (Lipinski definition) is 0. The van der Waals surface area contributed by atoms with Gasteiger partial charge in [0.25, 0.3) is 0 Å². The summed E-state index contributed by atoms with van der Waals surface area (Å²) in [6.07, 6.45) is 4.20. The first-order chi connectivity index (χ1) is 12.9. The lowest BCUT2D eigenvalue weighted by Crippen LogP contribution is -2.04. The summed E-state index contributed by atoms with van der Waals surface area (Å²) >= 11 is 0. The molecule has 0 saturated heterocycles. The molecule has 0 fully saturated rings. The van der Waals surface area contributed by atoms with Crippen molar-refractivity contribution in [1.29, 1.82) is 0 Å². The summed E-state index contributed by atoms with van der Waals surface area (Å²) in [5.74, 6) is 0. The van der Waals surface area contributed by atoms with Gasteiger partial charge in [0.15, 0.2) is 0 Å². The molecule has 0 amide bonds. The maximum absolute atomic E-state index is 4.46. The molecule has 0 unspecified atom stereocenters. The predicted molar refractivity (Wildman–Crippen MR) is 106 cm³/mol. The van der Waals surface area contributed by atoms with E-state index in [9.17, 15) is 0 Å². The van der Waals surface area contributed by atoms with Crippen molar-refractivity contribution in [3.8, 4) is 11.3 Å². The van der Waals surface area contributed by atoms with Gasteiger partial charge in [0.1, 0.15) is 5.69 Å². The van der Waals surface area contributed by atoms with Gasteiger partial charge in [0, 0.05) is 5.56 Å². The molecule has 0 bridgehead atoms. The van der Waals surface area contributed by atoms with Crippen LogP contribution in [0.4, 0.5) is 0 Å². The maximum atomic E-state index is 4.46. The van der Waals surface area contributed by atoms with E-state index in [-0.39, 0.29) is 0 Å². The standard InChI is InChI=1S/C23H19N3/c1-4-10-19(11-5-1)16-17-22-23(21-14-8-3-9-15-21)24-25-26(22)18-20-12-6-2-7-13-20/h1-17H,18H2/b17-16+. The van der Waals surface area contributed by atoms with Crippen molar-refractivity contribution in [2.24, 2.45) is 0 Å². The van der Waals surface area contributed by atoms with Gasteiger partial charge >= 0.3 is 0 Å². The second kappa shape index (κ2) is 7.62. The van der Waals surface area contributed by atoms with E-state index in [2.05, 4.69) is 58.9 Å². The summed E-state index contributed by atoms with van der Waals surface area (Å²) in [5.41, 5.74) is 5.32. The molecule has 0 aliphatic carbocycles. The lowest BCUT2D eigenvalue weighted by Gasteiger charge is -2.05. The van der Waals surface area contributed by atoms with Gasteiger partial charge in [-0.25, -0.2) is 4.68 Å². The van der Waals surface area contributed by atoms with Gasteiger partial charge in [-0.15, -0.1) is 5.10 Å². The molecular formula is C23H19N3. The Balaban J connectivity index is 1.74. The van der Waals surface area contributed by atoms with Crippen LogP contribution in [0.1, 0.15) is 16.8 Å². The third-order valence-electron chi connectivity index (χ3n) is 4.23. The third kappa shape index (κ3) is 3.62. The SMILES string of the molecule is C(=C\c1c(-c2ccccc2)nnn1Cc1ccccc1)/c1ccccc1. The van der Waals surface area contributed by atoms with E-state index < -0.39 is 0 Å². The minimum absolute atomic E-state index is 0.690. The van der Waals surface area contributed by atoms with E-state index in [1.807, 2.05) is 59.3 Å². The van der Waals surface area contributed by atoms with Gasteiger partial charge < -0.3 is 0 Å². The van der Waals surface area contributed by atoms with E-state index in [4.69, 9.17) is 0 Å². The van der Waals surface area contributed by atoms with Crippen LogP contribution in [0.5, 0.6) is 0 Å². The number of aromatic nitrogens is 3. The highest BCUT2D eigenvalue weighted by atomic mass is 15.4. The van der Waals surface area contributed by atoms with Gasteiger partial charge in [0.05, 0.1) is 12.2 Å². The largest absolute Gasteiger partial charge is 0.240 e. The Kier molecular flexibility index (Phi) is 4.70. The fourth-order valence-corrected chi connectivity index (χ4v) is 2.90. The molecule has 0 aliphatic heterocycles. The third-order valence-corrected chi connectivity index (χ3v) is 4.23. The van der Waals surface area contributed by atoms with Crippen molar-refractivity contribution in [1.82, 2.24) is 15.0 Å². The number of benzene rings is 3. The molecule has 0 N–H and O–H groups in total. The van der Waals surface area contributed by atoms with E-state index >= 15 is 0 Å². The van der Waals surface area contributed by atoms with Crippen LogP contribution >= 0.6 is 0 Å². The molecule has 3 nitrogen and oxygen atoms in total. The summed E-state index contributed by atoms with van der Waals surface area (Å²) in [5, 5.41) is 8.87. The second-order valence-corrected chi connectivity index (χ2v) is 6.08. The van der Waals surface area contributed by atoms with E-state index in [0.29, 0.717) is 6.54 Å². The summed E-state index contributed by atoms with van der Waals surface area (Å²) < 4.78 is 1.96. The van der Waals surface area contributed by atoms with E-state index in [0.717, 1.165) is 22.5 Å². The van der Waals surface area contributed by atoms with Crippen molar-refractivity contribution >= 4 is 12.2 Å². The van der Waals surface area contributed by atoms with Crippen LogP contribution < -0.4 is 0 Å². The molecule has 0 radical (unpaired) electrons. The maximum Gasteiger partial charge on any atom is 0.120 e. The Morgan fingerprint density at radius 1 is 0.692 bits per heavy atom. The Hall–Kier alpha value is -3.46. The van der Waals surface area contributed by atoms with Crippen molar-refractivity contribution in [2.75, 3.05) is 0 Å². The van der Waals surface area contributed by atoms with Gasteiger partial charge in [-0.3, -0.25) is 0 Å². The molecule has 26 heavy (non-hydrogen) atoms. The average molecular weight is 337 g/mol. The lowest BCUT2D eigenvalue weighted by atomic mass is 10.1. The molecule has 0 spiro atoms. The minimum Gasteiger partial charge on any atom is -0.240 e. The Bertz CT molecular complexity index is 988. The van der Waals surface area contributed by atoms with Crippen LogP contribution in [0.15, 0.2) is 91.0 Å². The van der Waals surface area contributed by atoms with Gasteiger partial charge in [-0.1, -0.05) is 102 Å². The summed E-state index contributed by atoms with van der Waals surface area (Å²) in [4.78, 5) is 0. The first kappa shape index (κ1) is 16.0. The van der Waals surface area contributed by atoms with Gasteiger partial charge in [-0.05, 0) is 17.2 Å². The molecule has 0 aliphatic rings. The van der Waals surface area contributed by atoms with E-state index in [1.54, 1.807) is 0 Å². The van der Waals surface area contributed by atoms with Gasteiger partial charge in [-0.2, -0.15) is 0 Å². The van der Waals surface area contributed by atoms with Crippen LogP contribution in [-0.2, 0) is 6.54 Å². The van der Waals surface area contributed by atoms with E-state index in [1.165, 1.54) is 5.56 Å². The quantitative estimate of drug-likeness (QED) is 0.503. The first-order valence-electron chi connectivity index (χ1n) is 8.66. The fourth-order valence-electron chi connectivity index (χ4n) is 2.90. The van der Waals surface area contributed by atoms with Crippen LogP contribution in [0, 0.1) is 0 Å². The highest BCUT2D eigenvalue weighted by Gasteiger charge is 2.12. The smallest absolute Gasteiger partial charge is 0.120 e. The van der Waals surface area contributed by atoms with Crippen molar-refractivity contribution in [2.45, 2.75) is 6.54 Å². The molecular weight excluding hydrogens is 318 g/mol. The van der Waals surface area contributed by atoms with Crippen LogP contribution in [0.3, 0.4) is 0 Å². The molecule has 0 saturated carbocycles. The lowest BCUT2D eigenvalue weighted by molar-refractivity contribution is 0.645. The normalized spacial score (nSPS) is 11.1. The van der Waals surface area contributed by atoms with Crippen LogP contribution in [0.2, 0.25) is 0 Å². The van der Waals surface area contributed by atoms with Crippen molar-refractivity contribution in [3.63, 3.8) is 0 Å². The zero-order valence-corrected chi connectivity index (χ0v) is 14.4. The topological polar surface area (TPSA) is 30.7 Å². The van der Waals surface area contributed by atoms with Crippen molar-refractivity contribution in [3.05, 3.63) is 108 Å². The summed E-state index contributed by atoms with van der Waals surface area (Å²) in [6.45, 7) is 0.690. The first-order valence-corrected chi connectivity index (χ1v) is 8.66. The summed E-state index contributed by atoms with van der Waals surface area (Å²) in [6, 6.07) is 30.8. The monoisotopic (exact) mass is 337 g/mol. The Labute approximate surface area is 153 Å². The molecule has 126 valence electrons. The fraction of sp³-hybridized carbons (Fsp3) is 0.0435. The van der Waals surface area contributed by atoms with Gasteiger partial charge in [0.2, 0.25) is 0 Å². The van der Waals surface area contributed by atoms with Crippen LogP contribution in [0.25, 0.3) is 23.4 Å². The molecule has 1 heterocycles. The molecule has 3 aromatic carbocycles. The molecule has 1 aromatic heterocycles. The average Bonchev–Trinajstić information content (AvgIpc) is 3.11. The minimum atomic E-state index is 0.690. The number of hydrogen-bond acceptors (Lipinski definition) is 2. The molecule has 4 aromatic rings. The van der Waals surface area contributed by atoms with Crippen LogP contribution in [-0.4, -0.2) is 15.0 Å². The zero-order chi connectivity index (χ0) is 17.6.